The molecular formula is C31H42N8O3. The van der Waals surface area contributed by atoms with Crippen LogP contribution < -0.4 is 20.7 Å². The highest BCUT2D eigenvalue weighted by atomic mass is 16.5. The van der Waals surface area contributed by atoms with Crippen molar-refractivity contribution < 1.29 is 14.3 Å². The predicted molar refractivity (Wildman–Crippen MR) is 163 cm³/mol. The van der Waals surface area contributed by atoms with Crippen molar-refractivity contribution in [1.82, 2.24) is 29.8 Å². The molecule has 2 amide bonds. The number of aromatic nitrogens is 4. The first-order valence-electron chi connectivity index (χ1n) is 15.0. The van der Waals surface area contributed by atoms with Gasteiger partial charge in [-0.05, 0) is 75.3 Å². The van der Waals surface area contributed by atoms with E-state index in [0.717, 1.165) is 74.1 Å². The second kappa shape index (κ2) is 13.3. The lowest BCUT2D eigenvalue weighted by Crippen LogP contribution is -2.38. The van der Waals surface area contributed by atoms with Gasteiger partial charge in [-0.2, -0.15) is 19.6 Å². The maximum atomic E-state index is 13.0. The van der Waals surface area contributed by atoms with Crippen LogP contribution in [0.5, 0.6) is 6.01 Å². The molecule has 0 bridgehead atoms. The Bertz CT molecular complexity index is 1400. The molecule has 1 saturated heterocycles. The summed E-state index contributed by atoms with van der Waals surface area (Å²) in [6.07, 6.45) is 8.14. The smallest absolute Gasteiger partial charge is 0.322 e. The van der Waals surface area contributed by atoms with Crippen molar-refractivity contribution in [3.05, 3.63) is 54.2 Å². The Labute approximate surface area is 247 Å². The monoisotopic (exact) mass is 574 g/mol. The van der Waals surface area contributed by atoms with Gasteiger partial charge < -0.3 is 25.6 Å². The van der Waals surface area contributed by atoms with Crippen LogP contribution >= 0.6 is 0 Å². The van der Waals surface area contributed by atoms with Gasteiger partial charge in [0.1, 0.15) is 6.10 Å². The first-order chi connectivity index (χ1) is 20.3. The van der Waals surface area contributed by atoms with Crippen molar-refractivity contribution in [2.24, 2.45) is 5.92 Å². The maximum Gasteiger partial charge on any atom is 0.322 e. The van der Waals surface area contributed by atoms with Crippen LogP contribution in [0.3, 0.4) is 0 Å². The first kappa shape index (κ1) is 29.5. The average Bonchev–Trinajstić information content (AvgIpc) is 3.42. The Morgan fingerprint density at radius 2 is 1.88 bits per heavy atom. The van der Waals surface area contributed by atoms with Crippen molar-refractivity contribution >= 4 is 29.1 Å². The molecule has 0 spiro atoms. The third-order valence-electron chi connectivity index (χ3n) is 8.21. The number of ether oxygens (including phenoxy) is 1. The van der Waals surface area contributed by atoms with E-state index in [1.165, 1.54) is 6.08 Å². The van der Waals surface area contributed by atoms with Crippen LogP contribution in [-0.4, -0.2) is 68.6 Å². The van der Waals surface area contributed by atoms with Gasteiger partial charge in [0.05, 0.1) is 6.20 Å². The summed E-state index contributed by atoms with van der Waals surface area (Å²) in [7, 11) is 2.13. The molecule has 42 heavy (non-hydrogen) atoms. The van der Waals surface area contributed by atoms with Gasteiger partial charge in [0.15, 0.2) is 5.65 Å². The Morgan fingerprint density at radius 3 is 2.60 bits per heavy atom. The number of piperidine rings is 1. The van der Waals surface area contributed by atoms with Crippen molar-refractivity contribution in [2.45, 2.75) is 77.0 Å². The summed E-state index contributed by atoms with van der Waals surface area (Å²) in [5.41, 5.74) is 3.52. The van der Waals surface area contributed by atoms with E-state index in [9.17, 15) is 9.59 Å². The Hall–Kier alpha value is -3.99. The minimum Gasteiger partial charge on any atom is -0.460 e. The lowest BCUT2D eigenvalue weighted by molar-refractivity contribution is -0.121. The van der Waals surface area contributed by atoms with E-state index in [2.05, 4.69) is 53.4 Å². The van der Waals surface area contributed by atoms with Gasteiger partial charge in [0, 0.05) is 42.8 Å². The highest BCUT2D eigenvalue weighted by Crippen LogP contribution is 2.27. The highest BCUT2D eigenvalue weighted by Gasteiger charge is 2.27. The molecule has 1 saturated carbocycles. The lowest BCUT2D eigenvalue weighted by Gasteiger charge is -2.28. The van der Waals surface area contributed by atoms with Crippen molar-refractivity contribution in [3.63, 3.8) is 0 Å². The molecule has 0 atom stereocenters. The van der Waals surface area contributed by atoms with Crippen LogP contribution in [-0.2, 0) is 16.1 Å². The quantitative estimate of drug-likeness (QED) is 0.309. The fourth-order valence-electron chi connectivity index (χ4n) is 5.65. The van der Waals surface area contributed by atoms with Gasteiger partial charge in [0.25, 0.3) is 0 Å². The van der Waals surface area contributed by atoms with Gasteiger partial charge in [-0.25, -0.2) is 0 Å². The molecule has 224 valence electrons. The number of carbonyl (C=O) groups is 2. The summed E-state index contributed by atoms with van der Waals surface area (Å²) < 4.78 is 7.99. The number of anilines is 2. The van der Waals surface area contributed by atoms with Crippen molar-refractivity contribution in [1.29, 1.82) is 0 Å². The number of fused-ring (bicyclic) bond motifs is 1. The number of hydrogen-bond donors (Lipinski definition) is 3. The molecule has 1 aromatic carbocycles. The van der Waals surface area contributed by atoms with E-state index < -0.39 is 0 Å². The van der Waals surface area contributed by atoms with Gasteiger partial charge >= 0.3 is 6.01 Å². The zero-order valence-electron chi connectivity index (χ0n) is 24.8. The molecule has 3 N–H and O–H groups in total. The molecule has 0 unspecified atom stereocenters. The average molecular weight is 575 g/mol. The topological polar surface area (TPSA) is 126 Å². The zero-order valence-corrected chi connectivity index (χ0v) is 24.8. The molecule has 11 heteroatoms. The molecule has 1 aliphatic heterocycles. The van der Waals surface area contributed by atoms with E-state index in [0.29, 0.717) is 18.5 Å². The SMILES string of the molecule is C=CC(=O)N[C@H]1CC[C@H](C(=O)Nc2cccc(CNc3nc(OC4CCN(C)CC4)nc4c(C(C)C)cnn34)c2)CC1. The summed E-state index contributed by atoms with van der Waals surface area (Å²) in [5.74, 6) is 0.590. The van der Waals surface area contributed by atoms with E-state index >= 15 is 0 Å². The molecule has 0 radical (unpaired) electrons. The lowest BCUT2D eigenvalue weighted by atomic mass is 9.85. The maximum absolute atomic E-state index is 13.0. The number of hydrogen-bond acceptors (Lipinski definition) is 8. The van der Waals surface area contributed by atoms with Gasteiger partial charge in [-0.3, -0.25) is 9.59 Å². The molecule has 3 aromatic rings. The van der Waals surface area contributed by atoms with Crippen LogP contribution in [0.25, 0.3) is 5.65 Å². The molecule has 3 heterocycles. The van der Waals surface area contributed by atoms with Gasteiger partial charge in [-0.15, -0.1) is 0 Å². The summed E-state index contributed by atoms with van der Waals surface area (Å²) in [4.78, 5) is 36.3. The van der Waals surface area contributed by atoms with Gasteiger partial charge in [-0.1, -0.05) is 32.6 Å². The summed E-state index contributed by atoms with van der Waals surface area (Å²) in [6, 6.07) is 8.27. The second-order valence-corrected chi connectivity index (χ2v) is 11.7. The number of nitrogens with zero attached hydrogens (tertiary/aromatic N) is 5. The normalized spacial score (nSPS) is 19.9. The van der Waals surface area contributed by atoms with E-state index in [1.54, 1.807) is 4.52 Å². The van der Waals surface area contributed by atoms with Crippen LogP contribution in [0, 0.1) is 5.92 Å². The fourth-order valence-corrected chi connectivity index (χ4v) is 5.65. The minimum absolute atomic E-state index is 0.0135. The molecule has 11 nitrogen and oxygen atoms in total. The summed E-state index contributed by atoms with van der Waals surface area (Å²) in [6.45, 7) is 10.2. The second-order valence-electron chi connectivity index (χ2n) is 11.7. The number of nitrogens with one attached hydrogen (secondary N) is 3. The van der Waals surface area contributed by atoms with E-state index in [1.807, 2.05) is 30.5 Å². The molecule has 2 fully saturated rings. The first-order valence-corrected chi connectivity index (χ1v) is 15.0. The minimum atomic E-state index is -0.162. The van der Waals surface area contributed by atoms with Crippen LogP contribution in [0.2, 0.25) is 0 Å². The Morgan fingerprint density at radius 1 is 1.12 bits per heavy atom. The zero-order chi connectivity index (χ0) is 29.6. The summed E-state index contributed by atoms with van der Waals surface area (Å²) in [5, 5.41) is 14.0. The van der Waals surface area contributed by atoms with Crippen LogP contribution in [0.15, 0.2) is 43.1 Å². The molecule has 2 aromatic heterocycles. The Kier molecular flexibility index (Phi) is 9.36. The van der Waals surface area contributed by atoms with Crippen molar-refractivity contribution in [2.75, 3.05) is 30.8 Å². The molecule has 5 rings (SSSR count). The van der Waals surface area contributed by atoms with Gasteiger partial charge in [0.2, 0.25) is 17.8 Å². The standard InChI is InChI=1S/C31H42N8O3/c1-5-27(40)34-23-11-9-22(10-12-23)29(41)35-24-8-6-7-21(17-24)18-32-30-37-31(42-25-13-15-38(4)16-14-25)36-28-26(20(2)3)19-33-39(28)30/h5-8,17,19-20,22-23,25H,1,9-16,18H2,2-4H3,(H,34,40)(H,35,41)(H,32,36,37)/t22-,23-. The molecular weight excluding hydrogens is 532 g/mol. The predicted octanol–water partition coefficient (Wildman–Crippen LogP) is 4.13. The number of likely N-dealkylation sites (tertiary alicyclic amines) is 1. The summed E-state index contributed by atoms with van der Waals surface area (Å²) >= 11 is 0. The van der Waals surface area contributed by atoms with Crippen LogP contribution in [0.1, 0.15) is 69.4 Å². The number of carbonyl (C=O) groups excluding carboxylic acids is 2. The third-order valence-corrected chi connectivity index (χ3v) is 8.21. The molecule has 2 aliphatic rings. The van der Waals surface area contributed by atoms with E-state index in [-0.39, 0.29) is 35.8 Å². The van der Waals surface area contributed by atoms with E-state index in [4.69, 9.17) is 14.7 Å². The number of amides is 2. The number of rotatable bonds is 10. The fraction of sp³-hybridized carbons (Fsp3) is 0.516. The highest BCUT2D eigenvalue weighted by molar-refractivity contribution is 5.92. The third kappa shape index (κ3) is 7.25. The number of benzene rings is 1. The largest absolute Gasteiger partial charge is 0.460 e. The van der Waals surface area contributed by atoms with Crippen molar-refractivity contribution in [3.8, 4) is 6.01 Å². The Balaban J connectivity index is 1.24. The molecule has 1 aliphatic carbocycles. The van der Waals surface area contributed by atoms with Crippen LogP contribution in [0.4, 0.5) is 11.6 Å².